The van der Waals surface area contributed by atoms with E-state index in [-0.39, 0.29) is 12.1 Å². The quantitative estimate of drug-likeness (QED) is 0.514. The molecule has 3 aliphatic rings. The Balaban J connectivity index is 1.74. The minimum atomic E-state index is -0.701. The number of carbonyl (C=O) groups excluding carboxylic acids is 3. The molecule has 0 bridgehead atoms. The Labute approximate surface area is 152 Å². The highest BCUT2D eigenvalue weighted by molar-refractivity contribution is 6.31. The number of barbiturate groups is 1. The lowest BCUT2D eigenvalue weighted by atomic mass is 9.89. The second kappa shape index (κ2) is 6.44. The maximum Gasteiger partial charge on any atom is 0.331 e. The fraction of sp³-hybridized carbons (Fsp3) is 0.350. The Bertz CT molecular complexity index is 825. The van der Waals surface area contributed by atoms with Gasteiger partial charge in [0.1, 0.15) is 5.57 Å². The summed E-state index contributed by atoms with van der Waals surface area (Å²) >= 11 is 0. The van der Waals surface area contributed by atoms with Gasteiger partial charge in [0.05, 0.1) is 0 Å². The number of rotatable bonds is 3. The fourth-order valence-corrected chi connectivity index (χ4v) is 4.07. The fourth-order valence-electron chi connectivity index (χ4n) is 4.07. The van der Waals surface area contributed by atoms with Crippen LogP contribution in [0, 0.1) is 0 Å². The zero-order chi connectivity index (χ0) is 18.3. The Kier molecular flexibility index (Phi) is 4.11. The van der Waals surface area contributed by atoms with Gasteiger partial charge in [-0.3, -0.25) is 19.8 Å². The molecular formula is C20H21N3O3. The summed E-state index contributed by atoms with van der Waals surface area (Å²) in [5.74, 6) is -1.22. The molecule has 0 radical (unpaired) electrons. The summed E-state index contributed by atoms with van der Waals surface area (Å²) in [6.07, 6.45) is 7.32. The van der Waals surface area contributed by atoms with E-state index in [9.17, 15) is 14.4 Å². The van der Waals surface area contributed by atoms with Crippen LogP contribution in [0.25, 0.3) is 6.08 Å². The maximum absolute atomic E-state index is 12.6. The van der Waals surface area contributed by atoms with E-state index in [1.807, 2.05) is 0 Å². The third kappa shape index (κ3) is 2.71. The predicted molar refractivity (Wildman–Crippen MR) is 98.7 cm³/mol. The Hall–Kier alpha value is -2.89. The first kappa shape index (κ1) is 16.6. The van der Waals surface area contributed by atoms with Gasteiger partial charge >= 0.3 is 6.03 Å². The number of benzene rings is 1. The molecule has 0 spiro atoms. The molecule has 0 unspecified atom stereocenters. The van der Waals surface area contributed by atoms with Crippen molar-refractivity contribution < 1.29 is 14.4 Å². The van der Waals surface area contributed by atoms with Gasteiger partial charge in [-0.15, -0.1) is 6.58 Å². The first-order chi connectivity index (χ1) is 12.6. The second-order valence-corrected chi connectivity index (χ2v) is 6.90. The minimum Gasteiger partial charge on any atom is -0.371 e. The van der Waals surface area contributed by atoms with E-state index in [2.05, 4.69) is 28.9 Å². The van der Waals surface area contributed by atoms with Crippen molar-refractivity contribution in [2.24, 2.45) is 0 Å². The van der Waals surface area contributed by atoms with E-state index in [0.29, 0.717) is 0 Å². The lowest BCUT2D eigenvalue weighted by Crippen LogP contribution is -2.54. The minimum absolute atomic E-state index is 0.0120. The van der Waals surface area contributed by atoms with Crippen molar-refractivity contribution in [1.29, 1.82) is 0 Å². The third-order valence-corrected chi connectivity index (χ3v) is 5.16. The van der Waals surface area contributed by atoms with Crippen molar-refractivity contribution >= 4 is 29.6 Å². The molecule has 0 aliphatic carbocycles. The normalized spacial score (nSPS) is 20.9. The Morgan fingerprint density at radius 2 is 1.73 bits per heavy atom. The number of imide groups is 2. The highest BCUT2D eigenvalue weighted by Gasteiger charge is 2.35. The van der Waals surface area contributed by atoms with Gasteiger partial charge in [-0.05, 0) is 60.6 Å². The SMILES string of the molecule is C=CCN1C(=O)NC(=O)/C(=C\c2cc3c4c(c2)CCCN4CCC3)C1=O. The van der Waals surface area contributed by atoms with Crippen LogP contribution in [0.3, 0.4) is 0 Å². The summed E-state index contributed by atoms with van der Waals surface area (Å²) in [6.45, 7) is 5.82. The molecule has 1 aromatic carbocycles. The van der Waals surface area contributed by atoms with Crippen LogP contribution in [0.15, 0.2) is 30.4 Å². The van der Waals surface area contributed by atoms with Crippen LogP contribution in [0.4, 0.5) is 10.5 Å². The molecule has 1 aromatic rings. The molecule has 0 aromatic heterocycles. The zero-order valence-corrected chi connectivity index (χ0v) is 14.6. The molecule has 26 heavy (non-hydrogen) atoms. The molecular weight excluding hydrogens is 330 g/mol. The molecule has 1 fully saturated rings. The van der Waals surface area contributed by atoms with Gasteiger partial charge in [0.15, 0.2) is 0 Å². The monoisotopic (exact) mass is 351 g/mol. The van der Waals surface area contributed by atoms with Crippen molar-refractivity contribution in [2.75, 3.05) is 24.5 Å². The topological polar surface area (TPSA) is 69.7 Å². The standard InChI is InChI=1S/C20H21N3O3/c1-2-7-23-19(25)16(18(24)21-20(23)26)12-13-10-14-5-3-8-22-9-4-6-15(11-13)17(14)22/h2,10-12H,1,3-9H2,(H,21,24,26)/b16-12+. The van der Waals surface area contributed by atoms with Gasteiger partial charge in [0.2, 0.25) is 0 Å². The van der Waals surface area contributed by atoms with Crippen LogP contribution >= 0.6 is 0 Å². The van der Waals surface area contributed by atoms with Crippen molar-refractivity contribution in [3.63, 3.8) is 0 Å². The number of nitrogens with one attached hydrogen (secondary N) is 1. The lowest BCUT2D eigenvalue weighted by Gasteiger charge is -2.37. The number of hydrogen-bond donors (Lipinski definition) is 1. The highest BCUT2D eigenvalue weighted by atomic mass is 16.2. The number of urea groups is 1. The molecule has 134 valence electrons. The zero-order valence-electron chi connectivity index (χ0n) is 14.6. The summed E-state index contributed by atoms with van der Waals surface area (Å²) < 4.78 is 0. The number of hydrogen-bond acceptors (Lipinski definition) is 4. The predicted octanol–water partition coefficient (Wildman–Crippen LogP) is 2.03. The first-order valence-corrected chi connectivity index (χ1v) is 8.99. The molecule has 6 heteroatoms. The van der Waals surface area contributed by atoms with Gasteiger partial charge in [-0.25, -0.2) is 4.79 Å². The molecule has 1 saturated heterocycles. The first-order valence-electron chi connectivity index (χ1n) is 8.99. The van der Waals surface area contributed by atoms with Crippen LogP contribution < -0.4 is 10.2 Å². The van der Waals surface area contributed by atoms with E-state index in [1.54, 1.807) is 6.08 Å². The summed E-state index contributed by atoms with van der Waals surface area (Å²) in [4.78, 5) is 40.0. The van der Waals surface area contributed by atoms with E-state index < -0.39 is 17.8 Å². The average Bonchev–Trinajstić information content (AvgIpc) is 2.63. The van der Waals surface area contributed by atoms with Crippen LogP contribution in [0.5, 0.6) is 0 Å². The lowest BCUT2D eigenvalue weighted by molar-refractivity contribution is -0.129. The van der Waals surface area contributed by atoms with E-state index in [4.69, 9.17) is 0 Å². The number of aryl methyl sites for hydroxylation is 2. The van der Waals surface area contributed by atoms with E-state index in [0.717, 1.165) is 49.2 Å². The number of anilines is 1. The number of carbonyl (C=O) groups is 3. The van der Waals surface area contributed by atoms with Gasteiger partial charge < -0.3 is 4.90 Å². The van der Waals surface area contributed by atoms with Gasteiger partial charge in [0.25, 0.3) is 11.8 Å². The molecule has 4 rings (SSSR count). The summed E-state index contributed by atoms with van der Waals surface area (Å²) in [5, 5.41) is 2.23. The smallest absolute Gasteiger partial charge is 0.331 e. The van der Waals surface area contributed by atoms with Crippen LogP contribution in [0.1, 0.15) is 29.5 Å². The average molecular weight is 351 g/mol. The summed E-state index contributed by atoms with van der Waals surface area (Å²) in [5.41, 5.74) is 4.73. The van der Waals surface area contributed by atoms with Crippen molar-refractivity contribution in [1.82, 2.24) is 10.2 Å². The number of nitrogens with zero attached hydrogens (tertiary/aromatic N) is 2. The maximum atomic E-state index is 12.6. The van der Waals surface area contributed by atoms with Crippen LogP contribution in [0.2, 0.25) is 0 Å². The number of amides is 4. The second-order valence-electron chi connectivity index (χ2n) is 6.90. The highest BCUT2D eigenvalue weighted by Crippen LogP contribution is 2.36. The largest absolute Gasteiger partial charge is 0.371 e. The van der Waals surface area contributed by atoms with Gasteiger partial charge in [-0.2, -0.15) is 0 Å². The van der Waals surface area contributed by atoms with Gasteiger partial charge in [-0.1, -0.05) is 6.08 Å². The van der Waals surface area contributed by atoms with Crippen LogP contribution in [-0.4, -0.2) is 42.4 Å². The Morgan fingerprint density at radius 3 is 2.35 bits per heavy atom. The van der Waals surface area contributed by atoms with Crippen molar-refractivity contribution in [2.45, 2.75) is 25.7 Å². The third-order valence-electron chi connectivity index (χ3n) is 5.16. The van der Waals surface area contributed by atoms with Crippen molar-refractivity contribution in [3.05, 3.63) is 47.1 Å². The van der Waals surface area contributed by atoms with Crippen molar-refractivity contribution in [3.8, 4) is 0 Å². The molecule has 0 atom stereocenters. The molecule has 6 nitrogen and oxygen atoms in total. The molecule has 3 heterocycles. The molecule has 0 saturated carbocycles. The summed E-state index contributed by atoms with van der Waals surface area (Å²) in [6, 6.07) is 3.43. The molecule has 4 amide bonds. The van der Waals surface area contributed by atoms with E-state index >= 15 is 0 Å². The molecule has 3 aliphatic heterocycles. The Morgan fingerprint density at radius 1 is 1.08 bits per heavy atom. The van der Waals surface area contributed by atoms with Crippen LogP contribution in [-0.2, 0) is 22.4 Å². The summed E-state index contributed by atoms with van der Waals surface area (Å²) in [7, 11) is 0. The molecule has 1 N–H and O–H groups in total. The van der Waals surface area contributed by atoms with Gasteiger partial charge in [0, 0.05) is 25.3 Å². The van der Waals surface area contributed by atoms with E-state index in [1.165, 1.54) is 22.9 Å².